The summed E-state index contributed by atoms with van der Waals surface area (Å²) in [4.78, 5) is 0. The molecule has 0 N–H and O–H groups in total. The second-order valence-corrected chi connectivity index (χ2v) is 12.8. The zero-order chi connectivity index (χ0) is 8.11. The van der Waals surface area contributed by atoms with Crippen LogP contribution in [-0.4, -0.2) is 6.00 Å². The molecule has 3 aliphatic carbocycles. The van der Waals surface area contributed by atoms with Gasteiger partial charge in [0.05, 0.1) is 0 Å². The van der Waals surface area contributed by atoms with Gasteiger partial charge in [-0.1, -0.05) is 12.8 Å². The highest BCUT2D eigenvalue weighted by molar-refractivity contribution is 7.65. The van der Waals surface area contributed by atoms with Crippen molar-refractivity contribution < 1.29 is 0 Å². The first-order valence-electron chi connectivity index (χ1n) is 4.10. The standard InChI is InChI=1S/C7H11Cl3Si/c8-11(9,10)7-3-1-2-6(4-7)5-7/h6H,1-5H2. The SMILES string of the molecule is Cl[Si](Cl)(Cl)C12CCCC(C1)C2. The number of hydrogen-bond donors (Lipinski definition) is 0. The highest BCUT2D eigenvalue weighted by Crippen LogP contribution is 2.69. The zero-order valence-electron chi connectivity index (χ0n) is 6.25. The molecule has 0 spiro atoms. The molecule has 64 valence electrons. The van der Waals surface area contributed by atoms with E-state index < -0.39 is 6.00 Å². The Morgan fingerprint density at radius 3 is 2.09 bits per heavy atom. The third kappa shape index (κ3) is 1.25. The first kappa shape index (κ1) is 8.67. The van der Waals surface area contributed by atoms with E-state index in [4.69, 9.17) is 33.2 Å². The van der Waals surface area contributed by atoms with Gasteiger partial charge in [-0.05, 0) is 25.2 Å². The van der Waals surface area contributed by atoms with E-state index in [0.717, 1.165) is 5.92 Å². The first-order chi connectivity index (χ1) is 5.04. The van der Waals surface area contributed by atoms with E-state index in [1.54, 1.807) is 0 Å². The fourth-order valence-corrected chi connectivity index (χ4v) is 6.30. The van der Waals surface area contributed by atoms with Crippen LogP contribution in [-0.2, 0) is 0 Å². The normalized spacial score (nSPS) is 43.4. The molecule has 3 fully saturated rings. The summed E-state index contributed by atoms with van der Waals surface area (Å²) in [6, 6.07) is -2.40. The Hall–Kier alpha value is 1.09. The summed E-state index contributed by atoms with van der Waals surface area (Å²) in [6.07, 6.45) is 6.24. The summed E-state index contributed by atoms with van der Waals surface area (Å²) in [5.74, 6) is 0.895. The van der Waals surface area contributed by atoms with Crippen molar-refractivity contribution in [2.75, 3.05) is 0 Å². The summed E-state index contributed by atoms with van der Waals surface area (Å²) in [7, 11) is 0. The molecule has 0 saturated heterocycles. The summed E-state index contributed by atoms with van der Waals surface area (Å²) < 4.78 is 0. The molecule has 0 aromatic heterocycles. The molecule has 2 bridgehead atoms. The van der Waals surface area contributed by atoms with Crippen LogP contribution in [0.25, 0.3) is 0 Å². The van der Waals surface area contributed by atoms with Crippen molar-refractivity contribution in [3.05, 3.63) is 0 Å². The second-order valence-electron chi connectivity index (χ2n) is 3.94. The lowest BCUT2D eigenvalue weighted by molar-refractivity contribution is 0.129. The van der Waals surface area contributed by atoms with Gasteiger partial charge in [-0.25, -0.2) is 0 Å². The Balaban J connectivity index is 2.13. The molecule has 11 heavy (non-hydrogen) atoms. The van der Waals surface area contributed by atoms with Crippen molar-refractivity contribution >= 4 is 39.2 Å². The fourth-order valence-electron chi connectivity index (χ4n) is 2.56. The number of fused-ring (bicyclic) bond motifs is 2. The van der Waals surface area contributed by atoms with Crippen molar-refractivity contribution in [1.29, 1.82) is 0 Å². The molecule has 4 heteroatoms. The van der Waals surface area contributed by atoms with Crippen LogP contribution in [0, 0.1) is 5.92 Å². The molecule has 3 rings (SSSR count). The first-order valence-corrected chi connectivity index (χ1v) is 9.14. The predicted molar refractivity (Wildman–Crippen MR) is 52.6 cm³/mol. The van der Waals surface area contributed by atoms with Crippen LogP contribution in [0.2, 0.25) is 5.04 Å². The number of halogens is 3. The monoisotopic (exact) mass is 228 g/mol. The maximum absolute atomic E-state index is 6.06. The molecular formula is C7H11Cl3Si. The summed E-state index contributed by atoms with van der Waals surface area (Å²) in [5, 5.41) is 0.195. The van der Waals surface area contributed by atoms with Gasteiger partial charge in [0.2, 0.25) is 0 Å². The third-order valence-corrected chi connectivity index (χ3v) is 8.70. The van der Waals surface area contributed by atoms with E-state index in [2.05, 4.69) is 0 Å². The van der Waals surface area contributed by atoms with Gasteiger partial charge in [0.25, 0.3) is 0 Å². The van der Waals surface area contributed by atoms with Gasteiger partial charge in [0.15, 0.2) is 0 Å². The summed E-state index contributed by atoms with van der Waals surface area (Å²) in [5.41, 5.74) is 0. The van der Waals surface area contributed by atoms with Gasteiger partial charge in [-0.15, -0.1) is 33.2 Å². The van der Waals surface area contributed by atoms with E-state index in [0.29, 0.717) is 0 Å². The van der Waals surface area contributed by atoms with Crippen molar-refractivity contribution in [2.45, 2.75) is 37.1 Å². The predicted octanol–water partition coefficient (Wildman–Crippen LogP) is 3.98. The maximum Gasteiger partial charge on any atom is 0.347 e. The van der Waals surface area contributed by atoms with Crippen molar-refractivity contribution in [3.8, 4) is 0 Å². The molecule has 0 amide bonds. The molecule has 0 aromatic carbocycles. The molecule has 0 aromatic rings. The Morgan fingerprint density at radius 1 is 1.18 bits per heavy atom. The molecule has 0 radical (unpaired) electrons. The van der Waals surface area contributed by atoms with Crippen LogP contribution in [0.4, 0.5) is 0 Å². The summed E-state index contributed by atoms with van der Waals surface area (Å²) >= 11 is 18.2. The van der Waals surface area contributed by atoms with Crippen LogP contribution in [0.5, 0.6) is 0 Å². The molecular weight excluding hydrogens is 219 g/mol. The molecule has 3 aliphatic rings. The van der Waals surface area contributed by atoms with E-state index in [9.17, 15) is 0 Å². The Labute approximate surface area is 82.3 Å². The molecule has 0 aliphatic heterocycles. The van der Waals surface area contributed by atoms with E-state index in [1.807, 2.05) is 0 Å². The minimum atomic E-state index is -2.40. The molecule has 3 saturated carbocycles. The van der Waals surface area contributed by atoms with Gasteiger partial charge in [-0.3, -0.25) is 0 Å². The van der Waals surface area contributed by atoms with Crippen LogP contribution in [0.3, 0.4) is 0 Å². The summed E-state index contributed by atoms with van der Waals surface area (Å²) in [6.45, 7) is 0. The quantitative estimate of drug-likeness (QED) is 0.471. The topological polar surface area (TPSA) is 0 Å². The van der Waals surface area contributed by atoms with Crippen LogP contribution in [0.15, 0.2) is 0 Å². The van der Waals surface area contributed by atoms with Crippen LogP contribution < -0.4 is 0 Å². The molecule has 0 heterocycles. The second kappa shape index (κ2) is 2.54. The lowest BCUT2D eigenvalue weighted by atomic mass is 9.64. The Morgan fingerprint density at radius 2 is 1.82 bits per heavy atom. The molecule has 0 unspecified atom stereocenters. The van der Waals surface area contributed by atoms with Crippen LogP contribution in [0.1, 0.15) is 32.1 Å². The Bertz CT molecular complexity index is 164. The van der Waals surface area contributed by atoms with E-state index in [-0.39, 0.29) is 5.04 Å². The molecule has 0 atom stereocenters. The fraction of sp³-hybridized carbons (Fsp3) is 1.00. The van der Waals surface area contributed by atoms with E-state index in [1.165, 1.54) is 32.1 Å². The number of hydrogen-bond acceptors (Lipinski definition) is 0. The lowest BCUT2D eigenvalue weighted by Gasteiger charge is -2.55. The highest BCUT2D eigenvalue weighted by Gasteiger charge is 2.60. The minimum Gasteiger partial charge on any atom is -0.125 e. The van der Waals surface area contributed by atoms with Gasteiger partial charge >= 0.3 is 6.00 Å². The van der Waals surface area contributed by atoms with Crippen molar-refractivity contribution in [3.63, 3.8) is 0 Å². The van der Waals surface area contributed by atoms with Gasteiger partial charge in [0.1, 0.15) is 0 Å². The van der Waals surface area contributed by atoms with E-state index >= 15 is 0 Å². The van der Waals surface area contributed by atoms with Crippen molar-refractivity contribution in [2.24, 2.45) is 5.92 Å². The highest BCUT2D eigenvalue weighted by atomic mass is 35.8. The van der Waals surface area contributed by atoms with Crippen LogP contribution >= 0.6 is 33.2 Å². The third-order valence-electron chi connectivity index (χ3n) is 3.23. The average Bonchev–Trinajstić information content (AvgIpc) is 1.85. The van der Waals surface area contributed by atoms with Gasteiger partial charge < -0.3 is 0 Å². The Kier molecular flexibility index (Phi) is 2.00. The van der Waals surface area contributed by atoms with Crippen molar-refractivity contribution in [1.82, 2.24) is 0 Å². The van der Waals surface area contributed by atoms with Gasteiger partial charge in [0, 0.05) is 5.04 Å². The minimum absolute atomic E-state index is 0.195. The largest absolute Gasteiger partial charge is 0.347 e. The maximum atomic E-state index is 6.06. The zero-order valence-corrected chi connectivity index (χ0v) is 9.51. The lowest BCUT2D eigenvalue weighted by Crippen LogP contribution is -2.47. The molecule has 0 nitrogen and oxygen atoms in total. The number of rotatable bonds is 1. The smallest absolute Gasteiger partial charge is 0.125 e. The average molecular weight is 230 g/mol. The van der Waals surface area contributed by atoms with Gasteiger partial charge in [-0.2, -0.15) is 0 Å².